The predicted octanol–water partition coefficient (Wildman–Crippen LogP) is 3.25. The van der Waals surface area contributed by atoms with Gasteiger partial charge < -0.3 is 15.2 Å². The molecule has 4 nitrogen and oxygen atoms in total. The molecule has 0 bridgehead atoms. The number of aryl methyl sites for hydroxylation is 2. The van der Waals surface area contributed by atoms with Crippen molar-refractivity contribution in [3.63, 3.8) is 0 Å². The Balaban J connectivity index is 2.15. The fraction of sp³-hybridized carbons (Fsp3) is 0.235. The van der Waals surface area contributed by atoms with Crippen LogP contribution < -0.4 is 10.5 Å². The molecule has 2 aromatic carbocycles. The summed E-state index contributed by atoms with van der Waals surface area (Å²) in [7, 11) is 1.51. The van der Waals surface area contributed by atoms with Crippen LogP contribution >= 0.6 is 0 Å². The van der Waals surface area contributed by atoms with Gasteiger partial charge in [0.05, 0.1) is 7.11 Å². The van der Waals surface area contributed by atoms with E-state index in [0.29, 0.717) is 17.0 Å². The van der Waals surface area contributed by atoms with E-state index in [2.05, 4.69) is 0 Å². The zero-order valence-corrected chi connectivity index (χ0v) is 12.5. The standard InChI is InChI=1S/C17H19NO3/c1-11-4-5-12(2)13(8-11)10-21-17(19)15-9-14(18)6-7-16(15)20-3/h4-9H,10,18H2,1-3H3. The molecule has 0 aliphatic rings. The van der Waals surface area contributed by atoms with Crippen molar-refractivity contribution >= 4 is 11.7 Å². The van der Waals surface area contributed by atoms with E-state index in [0.717, 1.165) is 16.7 Å². The molecule has 2 aromatic rings. The highest BCUT2D eigenvalue weighted by atomic mass is 16.5. The number of methoxy groups -OCH3 is 1. The number of benzene rings is 2. The number of nitrogens with two attached hydrogens (primary N) is 1. The van der Waals surface area contributed by atoms with Crippen LogP contribution in [0.15, 0.2) is 36.4 Å². The van der Waals surface area contributed by atoms with E-state index in [1.807, 2.05) is 32.0 Å². The normalized spacial score (nSPS) is 10.2. The van der Waals surface area contributed by atoms with E-state index in [1.165, 1.54) is 7.11 Å². The van der Waals surface area contributed by atoms with Crippen molar-refractivity contribution in [2.75, 3.05) is 12.8 Å². The third-order valence-corrected chi connectivity index (χ3v) is 3.31. The maximum absolute atomic E-state index is 12.2. The maximum Gasteiger partial charge on any atom is 0.342 e. The lowest BCUT2D eigenvalue weighted by Gasteiger charge is -2.11. The fourth-order valence-electron chi connectivity index (χ4n) is 2.06. The molecule has 21 heavy (non-hydrogen) atoms. The quantitative estimate of drug-likeness (QED) is 0.692. The molecule has 0 saturated heterocycles. The molecule has 110 valence electrons. The van der Waals surface area contributed by atoms with Crippen molar-refractivity contribution in [2.45, 2.75) is 20.5 Å². The average molecular weight is 285 g/mol. The first-order chi connectivity index (χ1) is 10.0. The Labute approximate surface area is 124 Å². The summed E-state index contributed by atoms with van der Waals surface area (Å²) in [5.41, 5.74) is 9.75. The van der Waals surface area contributed by atoms with Crippen LogP contribution in [-0.4, -0.2) is 13.1 Å². The summed E-state index contributed by atoms with van der Waals surface area (Å²) in [6.45, 7) is 4.22. The summed E-state index contributed by atoms with van der Waals surface area (Å²) in [6, 6.07) is 11.0. The Morgan fingerprint density at radius 2 is 1.90 bits per heavy atom. The van der Waals surface area contributed by atoms with Crippen molar-refractivity contribution < 1.29 is 14.3 Å². The molecule has 0 aliphatic carbocycles. The van der Waals surface area contributed by atoms with E-state index in [9.17, 15) is 4.79 Å². The first-order valence-electron chi connectivity index (χ1n) is 6.68. The Hall–Kier alpha value is -2.49. The minimum atomic E-state index is -0.444. The van der Waals surface area contributed by atoms with Gasteiger partial charge in [-0.2, -0.15) is 0 Å². The summed E-state index contributed by atoms with van der Waals surface area (Å²) in [5, 5.41) is 0. The fourth-order valence-corrected chi connectivity index (χ4v) is 2.06. The van der Waals surface area contributed by atoms with Crippen LogP contribution in [0.3, 0.4) is 0 Å². The Morgan fingerprint density at radius 1 is 1.14 bits per heavy atom. The van der Waals surface area contributed by atoms with Gasteiger partial charge in [-0.25, -0.2) is 4.79 Å². The SMILES string of the molecule is COc1ccc(N)cc1C(=O)OCc1cc(C)ccc1C. The summed E-state index contributed by atoms with van der Waals surface area (Å²) >= 11 is 0. The number of ether oxygens (including phenoxy) is 2. The smallest absolute Gasteiger partial charge is 0.342 e. The van der Waals surface area contributed by atoms with Crippen LogP contribution in [0.4, 0.5) is 5.69 Å². The number of nitrogen functional groups attached to an aromatic ring is 1. The van der Waals surface area contributed by atoms with Gasteiger partial charge in [0.25, 0.3) is 0 Å². The largest absolute Gasteiger partial charge is 0.496 e. The molecule has 0 aliphatic heterocycles. The number of anilines is 1. The number of carbonyl (C=O) groups is 1. The van der Waals surface area contributed by atoms with Crippen molar-refractivity contribution in [3.8, 4) is 5.75 Å². The zero-order chi connectivity index (χ0) is 15.4. The number of rotatable bonds is 4. The Morgan fingerprint density at radius 3 is 2.62 bits per heavy atom. The predicted molar refractivity (Wildman–Crippen MR) is 82.4 cm³/mol. The van der Waals surface area contributed by atoms with E-state index in [1.54, 1.807) is 18.2 Å². The van der Waals surface area contributed by atoms with Crippen molar-refractivity contribution in [2.24, 2.45) is 0 Å². The molecule has 0 amide bonds. The molecule has 0 aromatic heterocycles. The van der Waals surface area contributed by atoms with Crippen LogP contribution in [0.25, 0.3) is 0 Å². The second-order valence-corrected chi connectivity index (χ2v) is 4.97. The van der Waals surface area contributed by atoms with E-state index < -0.39 is 5.97 Å². The Bertz CT molecular complexity index is 665. The Kier molecular flexibility index (Phi) is 4.48. The minimum absolute atomic E-state index is 0.226. The van der Waals surface area contributed by atoms with Gasteiger partial charge in [0, 0.05) is 5.69 Å². The summed E-state index contributed by atoms with van der Waals surface area (Å²) in [5.74, 6) is 0.00946. The molecule has 0 atom stereocenters. The van der Waals surface area contributed by atoms with Gasteiger partial charge in [-0.15, -0.1) is 0 Å². The molecule has 0 radical (unpaired) electrons. The molecule has 4 heteroatoms. The van der Waals surface area contributed by atoms with E-state index in [4.69, 9.17) is 15.2 Å². The van der Waals surface area contributed by atoms with Crippen LogP contribution in [0, 0.1) is 13.8 Å². The molecule has 0 heterocycles. The second-order valence-electron chi connectivity index (χ2n) is 4.97. The molecule has 2 N–H and O–H groups in total. The van der Waals surface area contributed by atoms with Crippen LogP contribution in [0.5, 0.6) is 5.75 Å². The third-order valence-electron chi connectivity index (χ3n) is 3.31. The minimum Gasteiger partial charge on any atom is -0.496 e. The molecule has 0 unspecified atom stereocenters. The second kappa shape index (κ2) is 6.31. The lowest BCUT2D eigenvalue weighted by atomic mass is 10.1. The number of carbonyl (C=O) groups excluding carboxylic acids is 1. The molecule has 0 saturated carbocycles. The van der Waals surface area contributed by atoms with Crippen LogP contribution in [0.1, 0.15) is 27.0 Å². The summed E-state index contributed by atoms with van der Waals surface area (Å²) < 4.78 is 10.5. The summed E-state index contributed by atoms with van der Waals surface area (Å²) in [6.07, 6.45) is 0. The molecular formula is C17H19NO3. The van der Waals surface area contributed by atoms with Gasteiger partial charge in [-0.1, -0.05) is 23.8 Å². The van der Waals surface area contributed by atoms with E-state index >= 15 is 0 Å². The third kappa shape index (κ3) is 3.54. The van der Waals surface area contributed by atoms with Gasteiger partial charge in [0.15, 0.2) is 0 Å². The van der Waals surface area contributed by atoms with Gasteiger partial charge in [0.2, 0.25) is 0 Å². The lowest BCUT2D eigenvalue weighted by molar-refractivity contribution is 0.0468. The highest BCUT2D eigenvalue weighted by Gasteiger charge is 2.14. The number of hydrogen-bond acceptors (Lipinski definition) is 4. The first-order valence-corrected chi connectivity index (χ1v) is 6.68. The lowest BCUT2D eigenvalue weighted by Crippen LogP contribution is -2.08. The van der Waals surface area contributed by atoms with Crippen molar-refractivity contribution in [1.29, 1.82) is 0 Å². The highest BCUT2D eigenvalue weighted by Crippen LogP contribution is 2.22. The van der Waals surface area contributed by atoms with Crippen LogP contribution in [-0.2, 0) is 11.3 Å². The summed E-state index contributed by atoms with van der Waals surface area (Å²) in [4.78, 5) is 12.2. The van der Waals surface area contributed by atoms with Gasteiger partial charge >= 0.3 is 5.97 Å². The molecular weight excluding hydrogens is 266 g/mol. The maximum atomic E-state index is 12.2. The molecule has 0 spiro atoms. The van der Waals surface area contributed by atoms with Gasteiger partial charge in [0.1, 0.15) is 17.9 Å². The first kappa shape index (κ1) is 14.9. The zero-order valence-electron chi connectivity index (χ0n) is 12.5. The van der Waals surface area contributed by atoms with Crippen LogP contribution in [0.2, 0.25) is 0 Å². The van der Waals surface area contributed by atoms with Gasteiger partial charge in [-0.3, -0.25) is 0 Å². The van der Waals surface area contributed by atoms with Crippen molar-refractivity contribution in [3.05, 3.63) is 58.7 Å². The topological polar surface area (TPSA) is 61.5 Å². The van der Waals surface area contributed by atoms with E-state index in [-0.39, 0.29) is 6.61 Å². The van der Waals surface area contributed by atoms with Gasteiger partial charge in [-0.05, 0) is 43.2 Å². The monoisotopic (exact) mass is 285 g/mol. The van der Waals surface area contributed by atoms with Crippen molar-refractivity contribution in [1.82, 2.24) is 0 Å². The molecule has 2 rings (SSSR count). The number of esters is 1. The molecule has 0 fully saturated rings. The number of hydrogen-bond donors (Lipinski definition) is 1. The highest BCUT2D eigenvalue weighted by molar-refractivity contribution is 5.93. The average Bonchev–Trinajstić information content (AvgIpc) is 2.47.